The van der Waals surface area contributed by atoms with Crippen LogP contribution in [-0.2, 0) is 0 Å². The molecule has 22 aromatic carbocycles. The van der Waals surface area contributed by atoms with Crippen molar-refractivity contribution in [1.82, 2.24) is 43.6 Å². The first kappa shape index (κ1) is 77.6. The highest BCUT2D eigenvalue weighted by molar-refractivity contribution is 7.26. The smallest absolute Gasteiger partial charge is 0.235 e. The highest BCUT2D eigenvalue weighted by Crippen LogP contribution is 2.49. The number of nitrogens with zero attached hydrogens (tertiary/aromatic N) is 9. The van der Waals surface area contributed by atoms with Crippen molar-refractivity contribution in [3.05, 3.63) is 443 Å². The third-order valence-corrected chi connectivity index (χ3v) is 30.3. The molecule has 0 aliphatic carbocycles. The van der Waals surface area contributed by atoms with Gasteiger partial charge in [0.25, 0.3) is 0 Å². The van der Waals surface area contributed by atoms with Gasteiger partial charge in [0.1, 0.15) is 11.2 Å². The molecular formula is C126H73N9OS2. The number of benzene rings is 22. The zero-order valence-corrected chi connectivity index (χ0v) is 75.5. The fraction of sp³-hybridized carbons (Fsp3) is 0. The van der Waals surface area contributed by atoms with Crippen molar-refractivity contribution in [2.75, 3.05) is 0 Å². The van der Waals surface area contributed by atoms with Crippen LogP contribution in [0.25, 0.3) is 288 Å². The summed E-state index contributed by atoms with van der Waals surface area (Å²) in [6, 6.07) is 158. The van der Waals surface area contributed by atoms with Gasteiger partial charge in [0.15, 0.2) is 0 Å². The van der Waals surface area contributed by atoms with E-state index < -0.39 is 0 Å². The maximum absolute atomic E-state index is 6.57. The van der Waals surface area contributed by atoms with E-state index in [0.717, 1.165) is 138 Å². The number of furan rings is 1. The van der Waals surface area contributed by atoms with E-state index in [1.807, 2.05) is 28.7 Å². The van der Waals surface area contributed by atoms with Crippen molar-refractivity contribution >= 4 is 248 Å². The van der Waals surface area contributed by atoms with E-state index in [1.54, 1.807) is 0 Å². The molecule has 9 aromatic heterocycles. The molecular weight excluding hydrogens is 1720 g/mol. The summed E-state index contributed by atoms with van der Waals surface area (Å²) in [5.41, 5.74) is 19.5. The number of para-hydroxylation sites is 5. The summed E-state index contributed by atoms with van der Waals surface area (Å²) < 4.78 is 18.5. The van der Waals surface area contributed by atoms with Crippen LogP contribution in [0.2, 0.25) is 0 Å². The molecule has 0 bridgehead atoms. The second kappa shape index (κ2) is 30.8. The molecule has 10 nitrogen and oxygen atoms in total. The molecule has 0 fully saturated rings. The van der Waals surface area contributed by atoms with E-state index in [-0.39, 0.29) is 0 Å². The maximum Gasteiger partial charge on any atom is 0.235 e. The summed E-state index contributed by atoms with van der Waals surface area (Å²) in [6.07, 6.45) is 0. The molecule has 0 amide bonds. The lowest BCUT2D eigenvalue weighted by Crippen LogP contribution is -2.03. The van der Waals surface area contributed by atoms with Gasteiger partial charge in [-0.1, -0.05) is 334 Å². The molecule has 0 N–H and O–H groups in total. The number of hydrogen-bond acceptors (Lipinski definition) is 9. The highest BCUT2D eigenvalue weighted by Gasteiger charge is 2.27. The molecule has 640 valence electrons. The van der Waals surface area contributed by atoms with Gasteiger partial charge in [0.05, 0.1) is 66.7 Å². The molecule has 0 saturated carbocycles. The van der Waals surface area contributed by atoms with Crippen LogP contribution in [0.5, 0.6) is 0 Å². The van der Waals surface area contributed by atoms with E-state index in [4.69, 9.17) is 34.3 Å². The van der Waals surface area contributed by atoms with Crippen LogP contribution >= 0.6 is 22.7 Å². The summed E-state index contributed by atoms with van der Waals surface area (Å²) in [7, 11) is 0. The Morgan fingerprint density at radius 1 is 0.181 bits per heavy atom. The van der Waals surface area contributed by atoms with Gasteiger partial charge < -0.3 is 4.42 Å². The summed E-state index contributed by atoms with van der Waals surface area (Å²) in [4.78, 5) is 31.8. The topological polar surface area (TPSA) is 105 Å². The largest absolute Gasteiger partial charge is 0.455 e. The maximum atomic E-state index is 6.57. The molecule has 12 heteroatoms. The first-order valence-electron chi connectivity index (χ1n) is 46.6. The second-order valence-electron chi connectivity index (χ2n) is 35.9. The normalized spacial score (nSPS) is 12.1. The Labute approximate surface area is 795 Å². The van der Waals surface area contributed by atoms with E-state index in [2.05, 4.69) is 450 Å². The standard InChI is InChI=1S/C46H27N3S.C40H23N3O.C40H23N3S/c1-2-10-28(11-3-1)29-18-20-31(21-19-29)45-35-16-8-9-17-39(35)47-46(48-45)49-40-25-33-14-5-4-13-32(33)24-36(40)37-27-43-38(26-41(37)49)44-34-15-7-6-12-30(34)22-23-42(44)50-43;1-2-11-26-21-27(18-17-24(26)9-1)38-31-14-5-7-15-34(31)41-40(42-38)43-35-16-8-6-13-29(35)32-23-37-33(22-36(32)43)30-20-19-25-10-3-4-12-28(25)39(30)44-37;1-2-12-26-21-37-32(20-25(26)11-1)33-22-36-31(23-38(33)44-37)28-15-6-8-19-35(28)43(36)40-41-34-18-7-5-16-30(34)39(42-40)29-17-9-13-24-10-3-4-14-27(24)29/h1-27H;2*1-23H. The predicted molar refractivity (Wildman–Crippen MR) is 581 cm³/mol. The first-order valence-corrected chi connectivity index (χ1v) is 48.2. The SMILES string of the molecule is c1ccc(-c2ccc(-c3nc(-n4c5cc6ccccc6cc5c5cc6sc7ccc8ccccc8c7c6cc54)nc4ccccc34)cc2)cc1.c1ccc2cc(-c3nc(-n4c5ccccc5c5cc6oc7c8ccccc8ccc7c6cc54)nc4ccccc34)ccc2c1.c1ccc2cc3c(cc2c1)sc1cc2c4ccccc4n(-c4nc(-c5cccc6ccccc56)c5ccccc5n4)c2cc13. The molecule has 0 spiro atoms. The van der Waals surface area contributed by atoms with Crippen molar-refractivity contribution in [3.8, 4) is 62.7 Å². The summed E-state index contributed by atoms with van der Waals surface area (Å²) in [5, 5.41) is 32.1. The average Bonchev–Trinajstić information content (AvgIpc) is 1.56. The zero-order chi connectivity index (χ0) is 90.3. The van der Waals surface area contributed by atoms with Crippen molar-refractivity contribution < 1.29 is 4.42 Å². The molecule has 31 rings (SSSR count). The van der Waals surface area contributed by atoms with Crippen molar-refractivity contribution in [3.63, 3.8) is 0 Å². The molecule has 0 radical (unpaired) electrons. The number of hydrogen-bond donors (Lipinski definition) is 0. The van der Waals surface area contributed by atoms with E-state index in [0.29, 0.717) is 17.8 Å². The Bertz CT molecular complexity index is 10600. The fourth-order valence-electron chi connectivity index (χ4n) is 21.6. The lowest BCUT2D eigenvalue weighted by atomic mass is 9.99. The molecule has 0 aliphatic heterocycles. The van der Waals surface area contributed by atoms with Crippen LogP contribution in [0.15, 0.2) is 447 Å². The Morgan fingerprint density at radius 3 is 1.21 bits per heavy atom. The van der Waals surface area contributed by atoms with Gasteiger partial charge in [-0.2, -0.15) is 0 Å². The van der Waals surface area contributed by atoms with Crippen LogP contribution in [0.1, 0.15) is 0 Å². The number of rotatable bonds is 7. The van der Waals surface area contributed by atoms with Crippen LogP contribution in [-0.4, -0.2) is 43.6 Å². The molecule has 0 aliphatic rings. The summed E-state index contributed by atoms with van der Waals surface area (Å²) in [5.74, 6) is 2.00. The van der Waals surface area contributed by atoms with E-state index in [9.17, 15) is 0 Å². The van der Waals surface area contributed by atoms with Crippen LogP contribution in [0.4, 0.5) is 0 Å². The molecule has 31 aromatic rings. The summed E-state index contributed by atoms with van der Waals surface area (Å²) >= 11 is 3.74. The Balaban J connectivity index is 0.000000100. The third kappa shape index (κ3) is 12.3. The number of thiophene rings is 2. The Morgan fingerprint density at radius 2 is 0.565 bits per heavy atom. The van der Waals surface area contributed by atoms with Crippen LogP contribution in [0.3, 0.4) is 0 Å². The highest BCUT2D eigenvalue weighted by atomic mass is 32.1. The molecule has 138 heavy (non-hydrogen) atoms. The first-order chi connectivity index (χ1) is 68.4. The van der Waals surface area contributed by atoms with E-state index >= 15 is 0 Å². The lowest BCUT2D eigenvalue weighted by molar-refractivity contribution is 0.673. The van der Waals surface area contributed by atoms with Gasteiger partial charge in [-0.3, -0.25) is 13.7 Å². The zero-order valence-electron chi connectivity index (χ0n) is 73.9. The average molecular weight is 1790 g/mol. The van der Waals surface area contributed by atoms with Gasteiger partial charge in [-0.05, 0) is 180 Å². The van der Waals surface area contributed by atoms with Crippen molar-refractivity contribution in [2.45, 2.75) is 0 Å². The van der Waals surface area contributed by atoms with E-state index in [1.165, 1.54) is 132 Å². The Hall–Kier alpha value is -17.9. The lowest BCUT2D eigenvalue weighted by Gasteiger charge is -2.13. The molecule has 0 saturated heterocycles. The second-order valence-corrected chi connectivity index (χ2v) is 38.0. The summed E-state index contributed by atoms with van der Waals surface area (Å²) in [6.45, 7) is 0. The minimum absolute atomic E-state index is 0.649. The predicted octanol–water partition coefficient (Wildman–Crippen LogP) is 34.4. The van der Waals surface area contributed by atoms with Gasteiger partial charge in [-0.25, -0.2) is 29.9 Å². The molecule has 0 atom stereocenters. The molecule has 0 unspecified atom stereocenters. The Kier molecular flexibility index (Phi) is 17.3. The fourth-order valence-corrected chi connectivity index (χ4v) is 23.9. The monoisotopic (exact) mass is 1790 g/mol. The van der Waals surface area contributed by atoms with Crippen LogP contribution in [0, 0.1) is 0 Å². The minimum atomic E-state index is 0.649. The van der Waals surface area contributed by atoms with Gasteiger partial charge in [0.2, 0.25) is 17.8 Å². The number of aromatic nitrogens is 9. The van der Waals surface area contributed by atoms with Crippen molar-refractivity contribution in [1.29, 1.82) is 0 Å². The van der Waals surface area contributed by atoms with Crippen LogP contribution < -0.4 is 0 Å². The van der Waals surface area contributed by atoms with Crippen molar-refractivity contribution in [2.24, 2.45) is 0 Å². The quantitative estimate of drug-likeness (QED) is 0.156. The molecule has 9 heterocycles. The van der Waals surface area contributed by atoms with Gasteiger partial charge >= 0.3 is 0 Å². The van der Waals surface area contributed by atoms with Gasteiger partial charge in [0, 0.05) is 122 Å². The minimum Gasteiger partial charge on any atom is -0.455 e. The third-order valence-electron chi connectivity index (χ3n) is 28.1. The van der Waals surface area contributed by atoms with Gasteiger partial charge in [-0.15, -0.1) is 22.7 Å². The number of fused-ring (bicyclic) bond motifs is 29.